The minimum atomic E-state index is 0. The van der Waals surface area contributed by atoms with E-state index < -0.39 is 0 Å². The van der Waals surface area contributed by atoms with Gasteiger partial charge in [-0.3, -0.25) is 4.98 Å². The molecule has 0 N–H and O–H groups in total. The minimum absolute atomic E-state index is 0. The van der Waals surface area contributed by atoms with E-state index in [1.54, 1.807) is 6.07 Å². The Hall–Kier alpha value is -1.12. The smallest absolute Gasteiger partial charge is 0.376 e. The summed E-state index contributed by atoms with van der Waals surface area (Å²) in [4.78, 5) is 4.26. The third-order valence-electron chi connectivity index (χ3n) is 2.36. The summed E-state index contributed by atoms with van der Waals surface area (Å²) in [5.74, 6) is 0.410. The van der Waals surface area contributed by atoms with Crippen LogP contribution in [-0.4, -0.2) is 13.0 Å². The SMILES string of the molecule is [B]Oc1cccc(-c2[c-]c(CC)ccc2)n1.[Ir]. The molecule has 1 aromatic heterocycles. The van der Waals surface area contributed by atoms with Gasteiger partial charge < -0.3 is 4.65 Å². The van der Waals surface area contributed by atoms with Crippen molar-refractivity contribution in [2.45, 2.75) is 13.3 Å². The van der Waals surface area contributed by atoms with Gasteiger partial charge in [-0.2, -0.15) is 0 Å². The molecule has 87 valence electrons. The van der Waals surface area contributed by atoms with Gasteiger partial charge in [-0.1, -0.05) is 19.1 Å². The fraction of sp³-hybridized carbons (Fsp3) is 0.154. The molecule has 3 radical (unpaired) electrons. The van der Waals surface area contributed by atoms with E-state index in [0.717, 1.165) is 17.7 Å². The molecule has 0 atom stereocenters. The van der Waals surface area contributed by atoms with E-state index in [4.69, 9.17) is 8.05 Å². The van der Waals surface area contributed by atoms with Gasteiger partial charge in [0.2, 0.25) is 0 Å². The van der Waals surface area contributed by atoms with Crippen LogP contribution < -0.4 is 4.65 Å². The molecule has 4 heteroatoms. The fourth-order valence-electron chi connectivity index (χ4n) is 1.50. The molecule has 2 nitrogen and oxygen atoms in total. The van der Waals surface area contributed by atoms with Crippen LogP contribution in [0.3, 0.4) is 0 Å². The molecule has 1 aromatic carbocycles. The average Bonchev–Trinajstić information content (AvgIpc) is 2.39. The van der Waals surface area contributed by atoms with E-state index in [1.807, 2.05) is 30.3 Å². The van der Waals surface area contributed by atoms with Crippen LogP contribution in [0.4, 0.5) is 0 Å². The van der Waals surface area contributed by atoms with E-state index in [1.165, 1.54) is 5.56 Å². The van der Waals surface area contributed by atoms with Crippen LogP contribution in [0.5, 0.6) is 5.88 Å². The zero-order valence-electron chi connectivity index (χ0n) is 9.44. The van der Waals surface area contributed by atoms with Crippen LogP contribution in [-0.2, 0) is 26.5 Å². The summed E-state index contributed by atoms with van der Waals surface area (Å²) in [6.45, 7) is 2.10. The molecule has 0 spiro atoms. The number of aromatic nitrogens is 1. The van der Waals surface area contributed by atoms with Crippen LogP contribution in [0.1, 0.15) is 12.5 Å². The average molecular weight is 400 g/mol. The predicted molar refractivity (Wildman–Crippen MR) is 64.3 cm³/mol. The minimum Gasteiger partial charge on any atom is -0.555 e. The maximum Gasteiger partial charge on any atom is 0.376 e. The van der Waals surface area contributed by atoms with Crippen molar-refractivity contribution in [1.29, 1.82) is 0 Å². The van der Waals surface area contributed by atoms with Crippen molar-refractivity contribution in [3.05, 3.63) is 48.0 Å². The van der Waals surface area contributed by atoms with E-state index in [2.05, 4.69) is 22.6 Å². The first-order valence-corrected chi connectivity index (χ1v) is 5.19. The molecule has 0 amide bonds. The summed E-state index contributed by atoms with van der Waals surface area (Å²) >= 11 is 0. The standard InChI is InChI=1S/C13H11BNO.Ir/c1-2-10-5-3-6-11(9-10)12-7-4-8-13(15-12)16-14;/h3-8H,2H2,1H3;/q-1;. The number of aryl methyl sites for hydroxylation is 1. The van der Waals surface area contributed by atoms with Gasteiger partial charge in [-0.05, 0) is 18.2 Å². The molecule has 0 unspecified atom stereocenters. The molecule has 0 saturated heterocycles. The third kappa shape index (κ3) is 3.42. The number of nitrogens with zero attached hydrogens (tertiary/aromatic N) is 1. The van der Waals surface area contributed by atoms with Crippen LogP contribution in [0.2, 0.25) is 0 Å². The van der Waals surface area contributed by atoms with Gasteiger partial charge in [-0.15, -0.1) is 35.4 Å². The van der Waals surface area contributed by atoms with Crippen molar-refractivity contribution >= 4 is 8.05 Å². The van der Waals surface area contributed by atoms with E-state index >= 15 is 0 Å². The van der Waals surface area contributed by atoms with Crippen molar-refractivity contribution in [2.75, 3.05) is 0 Å². The van der Waals surface area contributed by atoms with Gasteiger partial charge in [0, 0.05) is 20.1 Å². The zero-order valence-corrected chi connectivity index (χ0v) is 11.8. The van der Waals surface area contributed by atoms with Crippen LogP contribution >= 0.6 is 0 Å². The normalized spacial score (nSPS) is 9.47. The van der Waals surface area contributed by atoms with Crippen LogP contribution in [0, 0.1) is 6.07 Å². The Morgan fingerprint density at radius 1 is 1.24 bits per heavy atom. The molecule has 17 heavy (non-hydrogen) atoms. The van der Waals surface area contributed by atoms with Gasteiger partial charge in [-0.25, -0.2) is 0 Å². The monoisotopic (exact) mass is 401 g/mol. The number of rotatable bonds is 3. The van der Waals surface area contributed by atoms with Crippen molar-refractivity contribution in [1.82, 2.24) is 4.98 Å². The molecule has 0 fully saturated rings. The van der Waals surface area contributed by atoms with Gasteiger partial charge in [0.25, 0.3) is 0 Å². The largest absolute Gasteiger partial charge is 0.555 e. The molecule has 1 heterocycles. The molecular formula is C13H11BIrNO-. The Labute approximate surface area is 116 Å². The first-order valence-electron chi connectivity index (χ1n) is 5.19. The summed E-state index contributed by atoms with van der Waals surface area (Å²) in [5.41, 5.74) is 2.94. The Balaban J connectivity index is 0.00000144. The van der Waals surface area contributed by atoms with Gasteiger partial charge in [0.15, 0.2) is 5.88 Å². The molecule has 0 saturated carbocycles. The second-order valence-corrected chi connectivity index (χ2v) is 3.42. The van der Waals surface area contributed by atoms with E-state index in [0.29, 0.717) is 5.88 Å². The number of benzene rings is 1. The van der Waals surface area contributed by atoms with Gasteiger partial charge in [0.05, 0.1) is 0 Å². The third-order valence-corrected chi connectivity index (χ3v) is 2.36. The number of hydrogen-bond acceptors (Lipinski definition) is 2. The fourth-order valence-corrected chi connectivity index (χ4v) is 1.50. The summed E-state index contributed by atoms with van der Waals surface area (Å²) in [5, 5.41) is 0. The molecule has 2 rings (SSSR count). The van der Waals surface area contributed by atoms with Crippen LogP contribution in [0.25, 0.3) is 11.3 Å². The molecule has 2 aromatic rings. The number of hydrogen-bond donors (Lipinski definition) is 0. The molecule has 0 aliphatic rings. The van der Waals surface area contributed by atoms with Crippen molar-refractivity contribution < 1.29 is 24.8 Å². The Morgan fingerprint density at radius 2 is 2.00 bits per heavy atom. The summed E-state index contributed by atoms with van der Waals surface area (Å²) in [6.07, 6.45) is 0.959. The first kappa shape index (κ1) is 13.9. The molecule has 0 bridgehead atoms. The van der Waals surface area contributed by atoms with Crippen molar-refractivity contribution in [3.8, 4) is 17.1 Å². The molecule has 0 aliphatic heterocycles. The second kappa shape index (κ2) is 6.58. The first-order chi connectivity index (χ1) is 7.83. The second-order valence-electron chi connectivity index (χ2n) is 3.42. The summed E-state index contributed by atoms with van der Waals surface area (Å²) in [6, 6.07) is 14.8. The Bertz CT molecular complexity index is 445. The van der Waals surface area contributed by atoms with Gasteiger partial charge >= 0.3 is 8.05 Å². The Kier molecular flexibility index (Phi) is 5.40. The maximum absolute atomic E-state index is 5.08. The zero-order chi connectivity index (χ0) is 11.4. The van der Waals surface area contributed by atoms with E-state index in [-0.39, 0.29) is 20.1 Å². The van der Waals surface area contributed by atoms with Crippen molar-refractivity contribution in [2.24, 2.45) is 0 Å². The maximum atomic E-state index is 5.08. The van der Waals surface area contributed by atoms with E-state index in [9.17, 15) is 0 Å². The topological polar surface area (TPSA) is 22.1 Å². The predicted octanol–water partition coefficient (Wildman–Crippen LogP) is 2.57. The molecular weight excluding hydrogens is 389 g/mol. The van der Waals surface area contributed by atoms with Crippen molar-refractivity contribution in [3.63, 3.8) is 0 Å². The van der Waals surface area contributed by atoms with Crippen LogP contribution in [0.15, 0.2) is 36.4 Å². The Morgan fingerprint density at radius 3 is 2.71 bits per heavy atom. The number of pyridine rings is 1. The summed E-state index contributed by atoms with van der Waals surface area (Å²) < 4.78 is 4.61. The summed E-state index contributed by atoms with van der Waals surface area (Å²) in [7, 11) is 5.08. The molecule has 0 aliphatic carbocycles. The van der Waals surface area contributed by atoms with Gasteiger partial charge in [0.1, 0.15) is 0 Å². The quantitative estimate of drug-likeness (QED) is 0.584.